The van der Waals surface area contributed by atoms with Crippen LogP contribution in [0.1, 0.15) is 52.4 Å². The Bertz CT molecular complexity index is 694. The molecule has 4 aliphatic rings. The molecule has 0 spiro atoms. The Morgan fingerprint density at radius 2 is 1.81 bits per heavy atom. The van der Waals surface area contributed by atoms with Crippen molar-refractivity contribution in [1.82, 2.24) is 0 Å². The molecule has 0 saturated heterocycles. The van der Waals surface area contributed by atoms with E-state index in [1.54, 1.807) is 0 Å². The lowest BCUT2D eigenvalue weighted by Gasteiger charge is -2.57. The van der Waals surface area contributed by atoms with Crippen LogP contribution in [-0.4, -0.2) is 34.0 Å². The van der Waals surface area contributed by atoms with Crippen LogP contribution < -0.4 is 0 Å². The number of carbonyl (C=O) groups excluding carboxylic acids is 2. The molecule has 0 aromatic heterocycles. The minimum atomic E-state index is -0.804. The smallest absolute Gasteiger partial charge is 0.159 e. The Morgan fingerprint density at radius 3 is 2.50 bits per heavy atom. The largest absolute Gasteiger partial charge is 0.390 e. The molecule has 8 atom stereocenters. The van der Waals surface area contributed by atoms with Crippen LogP contribution in [0, 0.1) is 34.5 Å². The van der Waals surface area contributed by atoms with Crippen molar-refractivity contribution >= 4 is 11.6 Å². The van der Waals surface area contributed by atoms with Gasteiger partial charge in [-0.2, -0.15) is 0 Å². The fourth-order valence-corrected chi connectivity index (χ4v) is 7.01. The van der Waals surface area contributed by atoms with Crippen LogP contribution in [0.2, 0.25) is 0 Å². The molecule has 2 unspecified atom stereocenters. The summed E-state index contributed by atoms with van der Waals surface area (Å²) in [6.07, 6.45) is 6.32. The van der Waals surface area contributed by atoms with Gasteiger partial charge >= 0.3 is 0 Å². The molecule has 0 amide bonds. The molecule has 4 nitrogen and oxygen atoms in total. The number of aliphatic hydroxyl groups is 2. The molecule has 3 fully saturated rings. The number of hydrogen-bond acceptors (Lipinski definition) is 4. The topological polar surface area (TPSA) is 74.6 Å². The van der Waals surface area contributed by atoms with Gasteiger partial charge < -0.3 is 10.2 Å². The molecule has 3 saturated carbocycles. The predicted octanol–water partition coefficient (Wildman–Crippen LogP) is 2.83. The molecule has 26 heavy (non-hydrogen) atoms. The van der Waals surface area contributed by atoms with Gasteiger partial charge in [0.25, 0.3) is 0 Å². The van der Waals surface area contributed by atoms with Gasteiger partial charge in [0.2, 0.25) is 0 Å². The normalized spacial score (nSPS) is 50.3. The Balaban J connectivity index is 1.73. The molecule has 4 rings (SSSR count). The summed E-state index contributed by atoms with van der Waals surface area (Å²) < 4.78 is 0. The second-order valence-corrected chi connectivity index (χ2v) is 9.57. The van der Waals surface area contributed by atoms with Gasteiger partial charge in [-0.1, -0.05) is 26.0 Å². The third kappa shape index (κ3) is 2.27. The number of aliphatic hydroxyl groups excluding tert-OH is 2. The molecule has 4 aliphatic carbocycles. The second-order valence-electron chi connectivity index (χ2n) is 9.57. The molecule has 0 aromatic carbocycles. The zero-order valence-corrected chi connectivity index (χ0v) is 15.8. The molecule has 0 aliphatic heterocycles. The van der Waals surface area contributed by atoms with E-state index in [1.165, 1.54) is 11.6 Å². The summed E-state index contributed by atoms with van der Waals surface area (Å²) in [5.74, 6) is 0.574. The molecule has 4 heteroatoms. The highest BCUT2D eigenvalue weighted by molar-refractivity contribution is 5.95. The van der Waals surface area contributed by atoms with Crippen LogP contribution in [-0.2, 0) is 9.59 Å². The van der Waals surface area contributed by atoms with Crippen molar-refractivity contribution in [3.05, 3.63) is 24.3 Å². The Morgan fingerprint density at radius 1 is 1.12 bits per heavy atom. The standard InChI is InChI=1S/C22H30O4/c1-4-17(23)15-6-5-13-12-9-18(24)16-10-19(25)20(26)11-22(16,3)14(12)7-8-21(13,15)2/h4,9,13-16,19-20,25-26H,1,5-8,10-11H2,2-3H3/t13?,14?,15-,16+,19-,20+,21+,22-/m1/s1. The summed E-state index contributed by atoms with van der Waals surface area (Å²) in [5, 5.41) is 20.4. The highest BCUT2D eigenvalue weighted by Gasteiger charge is 2.60. The number of ketones is 2. The van der Waals surface area contributed by atoms with E-state index < -0.39 is 12.2 Å². The molecular formula is C22H30O4. The number of allylic oxidation sites excluding steroid dienone is 3. The zero-order valence-electron chi connectivity index (χ0n) is 15.8. The number of fused-ring (bicyclic) bond motifs is 5. The molecular weight excluding hydrogens is 328 g/mol. The predicted molar refractivity (Wildman–Crippen MR) is 98.2 cm³/mol. The van der Waals surface area contributed by atoms with Crippen molar-refractivity contribution in [2.24, 2.45) is 34.5 Å². The fourth-order valence-electron chi connectivity index (χ4n) is 7.01. The van der Waals surface area contributed by atoms with Crippen LogP contribution in [0.3, 0.4) is 0 Å². The Kier molecular flexibility index (Phi) is 4.09. The summed E-state index contributed by atoms with van der Waals surface area (Å²) >= 11 is 0. The molecule has 0 bridgehead atoms. The minimum absolute atomic E-state index is 0.00579. The van der Waals surface area contributed by atoms with E-state index in [4.69, 9.17) is 0 Å². The van der Waals surface area contributed by atoms with Gasteiger partial charge in [-0.05, 0) is 73.3 Å². The summed E-state index contributed by atoms with van der Waals surface area (Å²) in [5.41, 5.74) is 0.830. The maximum atomic E-state index is 13.0. The first-order chi connectivity index (χ1) is 12.2. The van der Waals surface area contributed by atoms with Gasteiger partial charge in [-0.3, -0.25) is 9.59 Å². The van der Waals surface area contributed by atoms with E-state index in [1.807, 2.05) is 6.08 Å². The first-order valence-corrected chi connectivity index (χ1v) is 10.00. The number of rotatable bonds is 2. The van der Waals surface area contributed by atoms with Gasteiger partial charge in [0.05, 0.1) is 12.2 Å². The van der Waals surface area contributed by atoms with E-state index in [2.05, 4.69) is 20.4 Å². The fraction of sp³-hybridized carbons (Fsp3) is 0.727. The van der Waals surface area contributed by atoms with Crippen molar-refractivity contribution in [3.8, 4) is 0 Å². The average Bonchev–Trinajstić information content (AvgIpc) is 2.94. The summed E-state index contributed by atoms with van der Waals surface area (Å²) in [6.45, 7) is 8.02. The summed E-state index contributed by atoms with van der Waals surface area (Å²) in [7, 11) is 0. The van der Waals surface area contributed by atoms with Crippen molar-refractivity contribution < 1.29 is 19.8 Å². The van der Waals surface area contributed by atoms with Crippen molar-refractivity contribution in [3.63, 3.8) is 0 Å². The first-order valence-electron chi connectivity index (χ1n) is 10.00. The van der Waals surface area contributed by atoms with Gasteiger partial charge in [0.1, 0.15) is 0 Å². The van der Waals surface area contributed by atoms with E-state index >= 15 is 0 Å². The second kappa shape index (κ2) is 5.87. The van der Waals surface area contributed by atoms with E-state index in [-0.39, 0.29) is 46.1 Å². The van der Waals surface area contributed by atoms with Crippen LogP contribution in [0.4, 0.5) is 0 Å². The lowest BCUT2D eigenvalue weighted by molar-refractivity contribution is -0.143. The average molecular weight is 358 g/mol. The number of carbonyl (C=O) groups is 2. The molecule has 142 valence electrons. The maximum Gasteiger partial charge on any atom is 0.159 e. The third-order valence-electron chi connectivity index (χ3n) is 8.47. The molecule has 2 N–H and O–H groups in total. The lowest BCUT2D eigenvalue weighted by Crippen LogP contribution is -2.56. The molecule has 0 aromatic rings. The van der Waals surface area contributed by atoms with Crippen molar-refractivity contribution in [2.75, 3.05) is 0 Å². The summed E-state index contributed by atoms with van der Waals surface area (Å²) in [4.78, 5) is 25.4. The highest BCUT2D eigenvalue weighted by atomic mass is 16.3. The highest BCUT2D eigenvalue weighted by Crippen LogP contribution is 2.65. The van der Waals surface area contributed by atoms with Gasteiger partial charge in [-0.25, -0.2) is 0 Å². The van der Waals surface area contributed by atoms with Gasteiger partial charge in [0.15, 0.2) is 11.6 Å². The van der Waals surface area contributed by atoms with Crippen LogP contribution in [0.5, 0.6) is 0 Å². The Hall–Kier alpha value is -1.26. The van der Waals surface area contributed by atoms with Gasteiger partial charge in [-0.15, -0.1) is 0 Å². The minimum Gasteiger partial charge on any atom is -0.390 e. The number of hydrogen-bond donors (Lipinski definition) is 2. The van der Waals surface area contributed by atoms with E-state index in [9.17, 15) is 19.8 Å². The van der Waals surface area contributed by atoms with Crippen LogP contribution >= 0.6 is 0 Å². The van der Waals surface area contributed by atoms with Crippen molar-refractivity contribution in [1.29, 1.82) is 0 Å². The van der Waals surface area contributed by atoms with E-state index in [0.717, 1.165) is 25.7 Å². The third-order valence-corrected chi connectivity index (χ3v) is 8.47. The van der Waals surface area contributed by atoms with Gasteiger partial charge in [0, 0.05) is 11.8 Å². The molecule has 0 radical (unpaired) electrons. The lowest BCUT2D eigenvalue weighted by atomic mass is 9.47. The summed E-state index contributed by atoms with van der Waals surface area (Å²) in [6, 6.07) is 0. The zero-order chi connectivity index (χ0) is 18.9. The first kappa shape index (κ1) is 18.1. The molecule has 0 heterocycles. The van der Waals surface area contributed by atoms with E-state index in [0.29, 0.717) is 12.8 Å². The van der Waals surface area contributed by atoms with Crippen LogP contribution in [0.15, 0.2) is 24.3 Å². The van der Waals surface area contributed by atoms with Crippen molar-refractivity contribution in [2.45, 2.75) is 64.6 Å². The maximum absolute atomic E-state index is 13.0. The monoisotopic (exact) mass is 358 g/mol. The van der Waals surface area contributed by atoms with Crippen LogP contribution in [0.25, 0.3) is 0 Å². The SMILES string of the molecule is C=CC(=O)[C@H]1CCC2C3=CC(=O)[C@@H]4C[C@@H](O)[C@@H](O)C[C@]4(C)C3CC[C@@]21C. The Labute approximate surface area is 155 Å². The quantitative estimate of drug-likeness (QED) is 0.745.